The fourth-order valence-electron chi connectivity index (χ4n) is 2.68. The van der Waals surface area contributed by atoms with Gasteiger partial charge in [0.15, 0.2) is 0 Å². The standard InChI is InChI=1S/C17H18F3N3O/c18-17(19,20)16-4-1-11(9-23-16)7-13-8-12(2-3-14(13)21)15-10-22-5-6-24-15/h1-4,8-9,15,22H,5-7,10,21H2/t15-/m1/s1. The average molecular weight is 337 g/mol. The highest BCUT2D eigenvalue weighted by molar-refractivity contribution is 5.51. The summed E-state index contributed by atoms with van der Waals surface area (Å²) in [5.74, 6) is 0. The van der Waals surface area contributed by atoms with Crippen LogP contribution in [0.25, 0.3) is 0 Å². The zero-order valence-electron chi connectivity index (χ0n) is 12.9. The molecule has 1 atom stereocenters. The molecule has 2 aromatic rings. The topological polar surface area (TPSA) is 60.2 Å². The lowest BCUT2D eigenvalue weighted by molar-refractivity contribution is -0.141. The fourth-order valence-corrected chi connectivity index (χ4v) is 2.68. The highest BCUT2D eigenvalue weighted by Gasteiger charge is 2.32. The minimum absolute atomic E-state index is 0.0381. The molecule has 0 bridgehead atoms. The molecule has 0 unspecified atom stereocenters. The summed E-state index contributed by atoms with van der Waals surface area (Å²) in [6.07, 6.45) is -2.80. The predicted octanol–water partition coefficient (Wildman–Crippen LogP) is 2.93. The van der Waals surface area contributed by atoms with Gasteiger partial charge in [-0.25, -0.2) is 0 Å². The van der Waals surface area contributed by atoms with Crippen LogP contribution in [-0.4, -0.2) is 24.7 Å². The van der Waals surface area contributed by atoms with Gasteiger partial charge in [0.25, 0.3) is 0 Å². The van der Waals surface area contributed by atoms with Crippen LogP contribution in [0.1, 0.15) is 28.5 Å². The van der Waals surface area contributed by atoms with Gasteiger partial charge < -0.3 is 15.8 Å². The first kappa shape index (κ1) is 16.7. The van der Waals surface area contributed by atoms with E-state index in [4.69, 9.17) is 10.5 Å². The highest BCUT2D eigenvalue weighted by atomic mass is 19.4. The molecule has 0 radical (unpaired) electrons. The minimum Gasteiger partial charge on any atom is -0.398 e. The van der Waals surface area contributed by atoms with E-state index in [1.807, 2.05) is 12.1 Å². The van der Waals surface area contributed by atoms with Crippen LogP contribution in [0.15, 0.2) is 36.5 Å². The molecule has 3 N–H and O–H groups in total. The van der Waals surface area contributed by atoms with Crippen LogP contribution in [0.2, 0.25) is 0 Å². The largest absolute Gasteiger partial charge is 0.433 e. The summed E-state index contributed by atoms with van der Waals surface area (Å²) in [4.78, 5) is 3.49. The Hall–Kier alpha value is -2.12. The monoisotopic (exact) mass is 337 g/mol. The molecule has 0 spiro atoms. The summed E-state index contributed by atoms with van der Waals surface area (Å²) >= 11 is 0. The van der Waals surface area contributed by atoms with E-state index in [1.54, 1.807) is 6.07 Å². The second-order valence-electron chi connectivity index (χ2n) is 5.75. The first-order valence-corrected chi connectivity index (χ1v) is 7.66. The average Bonchev–Trinajstić information content (AvgIpc) is 2.57. The third-order valence-corrected chi connectivity index (χ3v) is 3.98. The predicted molar refractivity (Wildman–Crippen MR) is 84.5 cm³/mol. The van der Waals surface area contributed by atoms with Crippen molar-refractivity contribution in [1.29, 1.82) is 0 Å². The number of nitrogens with two attached hydrogens (primary N) is 1. The fraction of sp³-hybridized carbons (Fsp3) is 0.353. The van der Waals surface area contributed by atoms with E-state index in [0.717, 1.165) is 30.3 Å². The highest BCUT2D eigenvalue weighted by Crippen LogP contribution is 2.28. The molecule has 0 saturated carbocycles. The number of hydrogen-bond donors (Lipinski definition) is 2. The van der Waals surface area contributed by atoms with Gasteiger partial charge in [-0.3, -0.25) is 4.98 Å². The van der Waals surface area contributed by atoms with Crippen molar-refractivity contribution in [3.05, 3.63) is 58.9 Å². The number of alkyl halides is 3. The van der Waals surface area contributed by atoms with Crippen LogP contribution in [-0.2, 0) is 17.3 Å². The SMILES string of the molecule is Nc1ccc([C@H]2CNCCO2)cc1Cc1ccc(C(F)(F)F)nc1. The molecule has 24 heavy (non-hydrogen) atoms. The van der Waals surface area contributed by atoms with Gasteiger partial charge >= 0.3 is 6.18 Å². The molecule has 4 nitrogen and oxygen atoms in total. The molecule has 0 amide bonds. The molecule has 3 rings (SSSR count). The van der Waals surface area contributed by atoms with E-state index in [2.05, 4.69) is 10.3 Å². The summed E-state index contributed by atoms with van der Waals surface area (Å²) < 4.78 is 43.4. The number of rotatable bonds is 3. The van der Waals surface area contributed by atoms with Crippen molar-refractivity contribution >= 4 is 5.69 Å². The smallest absolute Gasteiger partial charge is 0.398 e. The molecule has 1 aliphatic heterocycles. The molecule has 1 aliphatic rings. The minimum atomic E-state index is -4.43. The number of nitrogens with one attached hydrogen (secondary N) is 1. The first-order chi connectivity index (χ1) is 11.4. The first-order valence-electron chi connectivity index (χ1n) is 7.66. The number of nitrogen functional groups attached to an aromatic ring is 1. The quantitative estimate of drug-likeness (QED) is 0.846. The molecule has 1 saturated heterocycles. The van der Waals surface area contributed by atoms with E-state index in [9.17, 15) is 13.2 Å². The molecule has 0 aliphatic carbocycles. The number of anilines is 1. The number of aromatic nitrogens is 1. The van der Waals surface area contributed by atoms with Crippen molar-refractivity contribution < 1.29 is 17.9 Å². The van der Waals surface area contributed by atoms with Crippen LogP contribution >= 0.6 is 0 Å². The Labute approximate surface area is 137 Å². The molecule has 128 valence electrons. The Balaban J connectivity index is 1.79. The Morgan fingerprint density at radius 1 is 1.25 bits per heavy atom. The molecule has 7 heteroatoms. The number of nitrogens with zero attached hydrogens (tertiary/aromatic N) is 1. The van der Waals surface area contributed by atoms with E-state index in [1.165, 1.54) is 12.3 Å². The van der Waals surface area contributed by atoms with Crippen molar-refractivity contribution in [3.63, 3.8) is 0 Å². The second-order valence-corrected chi connectivity index (χ2v) is 5.75. The zero-order chi connectivity index (χ0) is 17.2. The molecule has 1 aromatic carbocycles. The number of halogens is 3. The molecule has 1 fully saturated rings. The maximum Gasteiger partial charge on any atom is 0.433 e. The van der Waals surface area contributed by atoms with Crippen LogP contribution in [0, 0.1) is 0 Å². The number of hydrogen-bond acceptors (Lipinski definition) is 4. The van der Waals surface area contributed by atoms with Crippen molar-refractivity contribution in [2.24, 2.45) is 0 Å². The molecule has 1 aromatic heterocycles. The van der Waals surface area contributed by atoms with E-state index in [-0.39, 0.29) is 6.10 Å². The zero-order valence-corrected chi connectivity index (χ0v) is 12.9. The van der Waals surface area contributed by atoms with Crippen molar-refractivity contribution in [2.45, 2.75) is 18.7 Å². The summed E-state index contributed by atoms with van der Waals surface area (Å²) in [5, 5.41) is 3.26. The molecular formula is C17H18F3N3O. The normalized spacial score (nSPS) is 18.5. The maximum atomic E-state index is 12.6. The van der Waals surface area contributed by atoms with Crippen LogP contribution in [0.5, 0.6) is 0 Å². The van der Waals surface area contributed by atoms with E-state index in [0.29, 0.717) is 24.3 Å². The third-order valence-electron chi connectivity index (χ3n) is 3.98. The van der Waals surface area contributed by atoms with Crippen LogP contribution in [0.3, 0.4) is 0 Å². The number of ether oxygens (including phenoxy) is 1. The Morgan fingerprint density at radius 2 is 2.08 bits per heavy atom. The van der Waals surface area contributed by atoms with Gasteiger partial charge in [-0.05, 0) is 28.8 Å². The number of benzene rings is 1. The van der Waals surface area contributed by atoms with Crippen molar-refractivity contribution in [3.8, 4) is 0 Å². The lowest BCUT2D eigenvalue weighted by atomic mass is 9.99. The van der Waals surface area contributed by atoms with Gasteiger partial charge in [-0.1, -0.05) is 18.2 Å². The second kappa shape index (κ2) is 6.78. The lowest BCUT2D eigenvalue weighted by Gasteiger charge is -2.24. The third kappa shape index (κ3) is 3.85. The summed E-state index contributed by atoms with van der Waals surface area (Å²) in [7, 11) is 0. The van der Waals surface area contributed by atoms with Crippen molar-refractivity contribution in [1.82, 2.24) is 10.3 Å². The van der Waals surface area contributed by atoms with Gasteiger partial charge in [0.2, 0.25) is 0 Å². The summed E-state index contributed by atoms with van der Waals surface area (Å²) in [5.41, 5.74) is 8.25. The molecular weight excluding hydrogens is 319 g/mol. The van der Waals surface area contributed by atoms with Crippen LogP contribution in [0.4, 0.5) is 18.9 Å². The number of pyridine rings is 1. The van der Waals surface area contributed by atoms with Gasteiger partial charge in [0.05, 0.1) is 12.7 Å². The van der Waals surface area contributed by atoms with E-state index < -0.39 is 11.9 Å². The maximum absolute atomic E-state index is 12.6. The van der Waals surface area contributed by atoms with Crippen LogP contribution < -0.4 is 11.1 Å². The summed E-state index contributed by atoms with van der Waals surface area (Å²) in [6.45, 7) is 2.20. The van der Waals surface area contributed by atoms with Gasteiger partial charge in [0.1, 0.15) is 5.69 Å². The Bertz CT molecular complexity index is 695. The number of morpholine rings is 1. The van der Waals surface area contributed by atoms with Gasteiger partial charge in [-0.15, -0.1) is 0 Å². The molecule has 2 heterocycles. The van der Waals surface area contributed by atoms with Gasteiger partial charge in [0, 0.05) is 31.4 Å². The Morgan fingerprint density at radius 3 is 2.71 bits per heavy atom. The van der Waals surface area contributed by atoms with Gasteiger partial charge in [-0.2, -0.15) is 13.2 Å². The Kier molecular flexibility index (Phi) is 4.73. The van der Waals surface area contributed by atoms with Crippen molar-refractivity contribution in [2.75, 3.05) is 25.4 Å². The lowest BCUT2D eigenvalue weighted by Crippen LogP contribution is -2.33. The summed E-state index contributed by atoms with van der Waals surface area (Å²) in [6, 6.07) is 8.09. The van der Waals surface area contributed by atoms with E-state index >= 15 is 0 Å².